The van der Waals surface area contributed by atoms with Crippen molar-refractivity contribution in [2.45, 2.75) is 285 Å². The predicted molar refractivity (Wildman–Crippen MR) is 243 cm³/mol. The van der Waals surface area contributed by atoms with E-state index in [1.807, 2.05) is 0 Å². The average Bonchev–Trinajstić information content (AvgIpc) is 3.19. The topological polar surface area (TPSA) is 78.9 Å². The van der Waals surface area contributed by atoms with Crippen molar-refractivity contribution in [1.29, 1.82) is 0 Å². The molecule has 1 unspecified atom stereocenters. The van der Waals surface area contributed by atoms with Crippen molar-refractivity contribution in [2.75, 3.05) is 13.2 Å². The van der Waals surface area contributed by atoms with Crippen molar-refractivity contribution >= 4 is 17.9 Å². The number of carbonyl (C=O) groups excluding carboxylic acids is 3. The van der Waals surface area contributed by atoms with E-state index < -0.39 is 6.10 Å². The number of rotatable bonds is 45. The lowest BCUT2D eigenvalue weighted by Gasteiger charge is -2.18. The van der Waals surface area contributed by atoms with Crippen LogP contribution in [0.5, 0.6) is 0 Å². The SMILES string of the molecule is CCCCCCCCCCCCCCCCCCCCC(=O)OC[C@H](COC(=O)CCCCCCCCCCC(C)C)OC(=O)CCCCCCCCC(C)CC. The zero-order valence-electron chi connectivity index (χ0n) is 39.0. The van der Waals surface area contributed by atoms with Gasteiger partial charge in [-0.25, -0.2) is 0 Å². The number of ether oxygens (including phenoxy) is 3. The standard InChI is InChI=1S/C51H98O6/c1-6-8-9-10-11-12-13-14-15-16-17-18-19-20-21-25-31-36-41-49(52)55-44-48(57-51(54)43-38-33-28-27-30-35-40-47(5)7-2)45-56-50(53)42-37-32-26-23-22-24-29-34-39-46(3)4/h46-48H,6-45H2,1-5H3/t47?,48-/m1/s1. The summed E-state index contributed by atoms with van der Waals surface area (Å²) in [7, 11) is 0. The molecule has 0 amide bonds. The molecule has 338 valence electrons. The molecule has 0 aliphatic carbocycles. The fourth-order valence-electron chi connectivity index (χ4n) is 7.60. The van der Waals surface area contributed by atoms with E-state index in [0.29, 0.717) is 19.3 Å². The lowest BCUT2D eigenvalue weighted by atomic mass is 10.00. The first-order chi connectivity index (χ1) is 27.8. The first-order valence-electron chi connectivity index (χ1n) is 25.3. The van der Waals surface area contributed by atoms with Crippen molar-refractivity contribution in [3.8, 4) is 0 Å². The Hall–Kier alpha value is -1.59. The van der Waals surface area contributed by atoms with Gasteiger partial charge in [0.15, 0.2) is 6.10 Å². The van der Waals surface area contributed by atoms with Gasteiger partial charge in [0.2, 0.25) is 0 Å². The van der Waals surface area contributed by atoms with E-state index in [9.17, 15) is 14.4 Å². The van der Waals surface area contributed by atoms with E-state index in [1.165, 1.54) is 167 Å². The van der Waals surface area contributed by atoms with Crippen molar-refractivity contribution in [3.05, 3.63) is 0 Å². The molecule has 0 aromatic carbocycles. The number of hydrogen-bond acceptors (Lipinski definition) is 6. The quantitative estimate of drug-likeness (QED) is 0.0346. The number of hydrogen-bond donors (Lipinski definition) is 0. The molecule has 0 N–H and O–H groups in total. The third-order valence-corrected chi connectivity index (χ3v) is 11.8. The summed E-state index contributed by atoms with van der Waals surface area (Å²) in [6, 6.07) is 0. The highest BCUT2D eigenvalue weighted by atomic mass is 16.6. The van der Waals surface area contributed by atoms with Gasteiger partial charge in [0, 0.05) is 19.3 Å². The molecule has 0 saturated heterocycles. The molecule has 0 aromatic heterocycles. The van der Waals surface area contributed by atoms with Gasteiger partial charge in [-0.3, -0.25) is 14.4 Å². The summed E-state index contributed by atoms with van der Waals surface area (Å²) in [5.74, 6) is 0.750. The average molecular weight is 807 g/mol. The van der Waals surface area contributed by atoms with E-state index in [2.05, 4.69) is 34.6 Å². The summed E-state index contributed by atoms with van der Waals surface area (Å²) in [6.45, 7) is 11.3. The summed E-state index contributed by atoms with van der Waals surface area (Å²) >= 11 is 0. The maximum atomic E-state index is 12.7. The van der Waals surface area contributed by atoms with Crippen LogP contribution in [0.25, 0.3) is 0 Å². The van der Waals surface area contributed by atoms with Gasteiger partial charge in [-0.05, 0) is 31.1 Å². The minimum absolute atomic E-state index is 0.0652. The van der Waals surface area contributed by atoms with Crippen molar-refractivity contribution < 1.29 is 28.6 Å². The van der Waals surface area contributed by atoms with Crippen LogP contribution >= 0.6 is 0 Å². The van der Waals surface area contributed by atoms with Crippen LogP contribution in [0.4, 0.5) is 0 Å². The van der Waals surface area contributed by atoms with E-state index in [1.54, 1.807) is 0 Å². The summed E-state index contributed by atoms with van der Waals surface area (Å²) in [5.41, 5.74) is 0. The minimum Gasteiger partial charge on any atom is -0.462 e. The van der Waals surface area contributed by atoms with Crippen LogP contribution in [0, 0.1) is 11.8 Å². The van der Waals surface area contributed by atoms with Crippen molar-refractivity contribution in [1.82, 2.24) is 0 Å². The zero-order chi connectivity index (χ0) is 41.9. The monoisotopic (exact) mass is 807 g/mol. The Kier molecular flexibility index (Phi) is 42.7. The molecule has 0 fully saturated rings. The van der Waals surface area contributed by atoms with Crippen LogP contribution in [-0.2, 0) is 28.6 Å². The van der Waals surface area contributed by atoms with E-state index in [-0.39, 0.29) is 31.1 Å². The molecule has 0 saturated carbocycles. The first-order valence-corrected chi connectivity index (χ1v) is 25.3. The van der Waals surface area contributed by atoms with Crippen LogP contribution in [0.3, 0.4) is 0 Å². The van der Waals surface area contributed by atoms with Gasteiger partial charge in [-0.2, -0.15) is 0 Å². The Morgan fingerprint density at radius 2 is 0.667 bits per heavy atom. The maximum Gasteiger partial charge on any atom is 0.306 e. The first kappa shape index (κ1) is 55.4. The van der Waals surface area contributed by atoms with Crippen LogP contribution in [0.15, 0.2) is 0 Å². The molecule has 0 rings (SSSR count). The number of unbranched alkanes of at least 4 members (excludes halogenated alkanes) is 29. The second-order valence-corrected chi connectivity index (χ2v) is 18.2. The predicted octanol–water partition coefficient (Wildman–Crippen LogP) is 16.1. The molecule has 0 aliphatic rings. The Labute approximate surface area is 355 Å². The van der Waals surface area contributed by atoms with Gasteiger partial charge in [0.25, 0.3) is 0 Å². The Morgan fingerprint density at radius 1 is 0.368 bits per heavy atom. The molecule has 0 heterocycles. The van der Waals surface area contributed by atoms with Crippen molar-refractivity contribution in [2.24, 2.45) is 11.8 Å². The molecular weight excluding hydrogens is 709 g/mol. The normalized spacial score (nSPS) is 12.5. The molecule has 57 heavy (non-hydrogen) atoms. The molecule has 2 atom stereocenters. The summed E-state index contributed by atoms with van der Waals surface area (Å²) in [6.07, 6.45) is 43.9. The third-order valence-electron chi connectivity index (χ3n) is 11.8. The molecule has 6 nitrogen and oxygen atoms in total. The van der Waals surface area contributed by atoms with Crippen LogP contribution in [0.2, 0.25) is 0 Å². The highest BCUT2D eigenvalue weighted by Crippen LogP contribution is 2.17. The van der Waals surface area contributed by atoms with Crippen LogP contribution in [0.1, 0.15) is 279 Å². The molecule has 0 aliphatic heterocycles. The Morgan fingerprint density at radius 3 is 1.00 bits per heavy atom. The number of carbonyl (C=O) groups is 3. The van der Waals surface area contributed by atoms with Gasteiger partial charge < -0.3 is 14.2 Å². The third kappa shape index (κ3) is 43.8. The minimum atomic E-state index is -0.762. The smallest absolute Gasteiger partial charge is 0.306 e. The molecule has 0 bridgehead atoms. The van der Waals surface area contributed by atoms with Gasteiger partial charge in [0.05, 0.1) is 0 Å². The Balaban J connectivity index is 4.24. The lowest BCUT2D eigenvalue weighted by molar-refractivity contribution is -0.167. The van der Waals surface area contributed by atoms with Crippen LogP contribution < -0.4 is 0 Å². The van der Waals surface area contributed by atoms with E-state index in [0.717, 1.165) is 69.6 Å². The highest BCUT2D eigenvalue weighted by molar-refractivity contribution is 5.71. The van der Waals surface area contributed by atoms with Gasteiger partial charge >= 0.3 is 17.9 Å². The lowest BCUT2D eigenvalue weighted by Crippen LogP contribution is -2.30. The molecular formula is C51H98O6. The molecule has 0 radical (unpaired) electrons. The zero-order valence-corrected chi connectivity index (χ0v) is 39.0. The number of esters is 3. The fraction of sp³-hybridized carbons (Fsp3) is 0.941. The van der Waals surface area contributed by atoms with Gasteiger partial charge in [0.1, 0.15) is 13.2 Å². The highest BCUT2D eigenvalue weighted by Gasteiger charge is 2.19. The largest absolute Gasteiger partial charge is 0.462 e. The molecule has 0 aromatic rings. The second-order valence-electron chi connectivity index (χ2n) is 18.2. The van der Waals surface area contributed by atoms with Crippen molar-refractivity contribution in [3.63, 3.8) is 0 Å². The Bertz CT molecular complexity index is 872. The maximum absolute atomic E-state index is 12.7. The fourth-order valence-corrected chi connectivity index (χ4v) is 7.60. The van der Waals surface area contributed by atoms with Crippen LogP contribution in [-0.4, -0.2) is 37.2 Å². The summed E-state index contributed by atoms with van der Waals surface area (Å²) < 4.78 is 16.8. The van der Waals surface area contributed by atoms with E-state index >= 15 is 0 Å². The molecule has 0 spiro atoms. The van der Waals surface area contributed by atoms with Gasteiger partial charge in [-0.15, -0.1) is 0 Å². The second kappa shape index (κ2) is 44.0. The summed E-state index contributed by atoms with van der Waals surface area (Å²) in [5, 5.41) is 0. The molecule has 6 heteroatoms. The summed E-state index contributed by atoms with van der Waals surface area (Å²) in [4.78, 5) is 37.8. The van der Waals surface area contributed by atoms with Gasteiger partial charge in [-0.1, -0.05) is 240 Å². The van der Waals surface area contributed by atoms with E-state index in [4.69, 9.17) is 14.2 Å².